The highest BCUT2D eigenvalue weighted by atomic mass is 31.2. The SMILES string of the molecule is Cn1cc([C@@H]2O[C@H](COP(=O)(O)O)[C@H](O)[C@H]2O)c(=O)[nH]c1=O. The van der Waals surface area contributed by atoms with Gasteiger partial charge >= 0.3 is 13.5 Å². The predicted molar refractivity (Wildman–Crippen MR) is 69.9 cm³/mol. The van der Waals surface area contributed by atoms with Crippen molar-refractivity contribution in [2.45, 2.75) is 24.4 Å². The number of nitrogens with one attached hydrogen (secondary N) is 1. The van der Waals surface area contributed by atoms with Gasteiger partial charge in [0.15, 0.2) is 0 Å². The average Bonchev–Trinajstić information content (AvgIpc) is 2.68. The number of hydrogen-bond acceptors (Lipinski definition) is 7. The Morgan fingerprint density at radius 3 is 2.59 bits per heavy atom. The topological polar surface area (TPSA) is 171 Å². The summed E-state index contributed by atoms with van der Waals surface area (Å²) in [5, 5.41) is 19.7. The molecular weight excluding hydrogens is 323 g/mol. The fourth-order valence-corrected chi connectivity index (χ4v) is 2.44. The first-order chi connectivity index (χ1) is 10.1. The third kappa shape index (κ3) is 3.52. The highest BCUT2D eigenvalue weighted by molar-refractivity contribution is 7.46. The van der Waals surface area contributed by atoms with Gasteiger partial charge in [-0.2, -0.15) is 0 Å². The molecule has 0 spiro atoms. The number of rotatable bonds is 4. The molecule has 0 unspecified atom stereocenters. The van der Waals surface area contributed by atoms with E-state index in [1.807, 2.05) is 4.98 Å². The number of H-pyrrole nitrogens is 1. The maximum absolute atomic E-state index is 11.8. The number of phosphoric acid groups is 1. The van der Waals surface area contributed by atoms with Crippen molar-refractivity contribution in [3.63, 3.8) is 0 Å². The highest BCUT2D eigenvalue weighted by Gasteiger charge is 2.45. The molecule has 2 heterocycles. The van der Waals surface area contributed by atoms with Gasteiger partial charge in [0.25, 0.3) is 5.56 Å². The van der Waals surface area contributed by atoms with E-state index >= 15 is 0 Å². The Balaban J connectivity index is 2.23. The van der Waals surface area contributed by atoms with Gasteiger partial charge in [-0.25, -0.2) is 9.36 Å². The second-order valence-corrected chi connectivity index (χ2v) is 6.06. The van der Waals surface area contributed by atoms with E-state index in [2.05, 4.69) is 4.52 Å². The summed E-state index contributed by atoms with van der Waals surface area (Å²) >= 11 is 0. The third-order valence-electron chi connectivity index (χ3n) is 3.21. The van der Waals surface area contributed by atoms with Gasteiger partial charge in [0, 0.05) is 13.2 Å². The van der Waals surface area contributed by atoms with Crippen molar-refractivity contribution in [2.75, 3.05) is 6.61 Å². The number of aliphatic hydroxyl groups excluding tert-OH is 2. The van der Waals surface area contributed by atoms with E-state index in [1.165, 1.54) is 7.05 Å². The third-order valence-corrected chi connectivity index (χ3v) is 3.70. The molecule has 0 saturated carbocycles. The van der Waals surface area contributed by atoms with Crippen LogP contribution in [0.3, 0.4) is 0 Å². The molecule has 124 valence electrons. The van der Waals surface area contributed by atoms with Gasteiger partial charge in [-0.1, -0.05) is 0 Å². The molecule has 1 aliphatic rings. The lowest BCUT2D eigenvalue weighted by Crippen LogP contribution is -2.35. The van der Waals surface area contributed by atoms with Crippen LogP contribution in [0, 0.1) is 0 Å². The molecule has 22 heavy (non-hydrogen) atoms. The van der Waals surface area contributed by atoms with Gasteiger partial charge < -0.3 is 29.3 Å². The quantitative estimate of drug-likeness (QED) is 0.367. The predicted octanol–water partition coefficient (Wildman–Crippen LogP) is -2.66. The number of aromatic nitrogens is 2. The summed E-state index contributed by atoms with van der Waals surface area (Å²) in [7, 11) is -3.40. The lowest BCUT2D eigenvalue weighted by atomic mass is 10.0. The molecule has 12 heteroatoms. The van der Waals surface area contributed by atoms with Crippen LogP contribution in [0.15, 0.2) is 15.8 Å². The molecule has 1 aromatic rings. The number of aromatic amines is 1. The summed E-state index contributed by atoms with van der Waals surface area (Å²) in [6.07, 6.45) is -4.41. The summed E-state index contributed by atoms with van der Waals surface area (Å²) in [5.74, 6) is 0. The second kappa shape index (κ2) is 6.05. The van der Waals surface area contributed by atoms with Crippen LogP contribution in [0.5, 0.6) is 0 Å². The van der Waals surface area contributed by atoms with Crippen LogP contribution in [0.25, 0.3) is 0 Å². The number of phosphoric ester groups is 1. The zero-order chi connectivity index (χ0) is 16.7. The smallest absolute Gasteiger partial charge is 0.387 e. The molecule has 2 rings (SSSR count). The molecule has 5 N–H and O–H groups in total. The lowest BCUT2D eigenvalue weighted by Gasteiger charge is -2.14. The molecule has 0 aliphatic carbocycles. The minimum Gasteiger partial charge on any atom is -0.387 e. The number of hydrogen-bond donors (Lipinski definition) is 5. The molecule has 0 radical (unpaired) electrons. The molecule has 1 fully saturated rings. The van der Waals surface area contributed by atoms with Crippen LogP contribution in [0.1, 0.15) is 11.7 Å². The molecule has 1 aliphatic heterocycles. The molecule has 0 bridgehead atoms. The fourth-order valence-electron chi connectivity index (χ4n) is 2.10. The largest absolute Gasteiger partial charge is 0.469 e. The number of aliphatic hydroxyl groups is 2. The monoisotopic (exact) mass is 338 g/mol. The van der Waals surface area contributed by atoms with Crippen molar-refractivity contribution in [2.24, 2.45) is 7.05 Å². The standard InChI is InChI=1S/C10H15N2O9P/c1-12-2-4(9(15)11-10(12)16)8-7(14)6(13)5(21-8)3-20-22(17,18)19/h2,5-8,13-14H,3H2,1H3,(H,11,15,16)(H2,17,18,19)/t5-,6+,7-,8+/m1/s1. The fraction of sp³-hybridized carbons (Fsp3) is 0.600. The number of aryl methyl sites for hydroxylation is 1. The zero-order valence-corrected chi connectivity index (χ0v) is 12.2. The Bertz CT molecular complexity index is 707. The van der Waals surface area contributed by atoms with Crippen LogP contribution in [-0.2, 0) is 20.9 Å². The van der Waals surface area contributed by atoms with E-state index in [0.29, 0.717) is 0 Å². The van der Waals surface area contributed by atoms with Crippen LogP contribution < -0.4 is 11.2 Å². The van der Waals surface area contributed by atoms with Crippen LogP contribution in [0.4, 0.5) is 0 Å². The first kappa shape index (κ1) is 17.0. The van der Waals surface area contributed by atoms with Crippen LogP contribution in [0.2, 0.25) is 0 Å². The first-order valence-electron chi connectivity index (χ1n) is 6.11. The maximum atomic E-state index is 11.8. The molecule has 1 aromatic heterocycles. The normalized spacial score (nSPS) is 29.0. The van der Waals surface area contributed by atoms with Gasteiger partial charge in [0.05, 0.1) is 12.2 Å². The Hall–Kier alpha value is -1.33. The lowest BCUT2D eigenvalue weighted by molar-refractivity contribution is -0.0229. The Morgan fingerprint density at radius 2 is 2.00 bits per heavy atom. The van der Waals surface area contributed by atoms with E-state index in [9.17, 15) is 24.4 Å². The van der Waals surface area contributed by atoms with E-state index in [0.717, 1.165) is 10.8 Å². The molecule has 0 amide bonds. The molecule has 11 nitrogen and oxygen atoms in total. The summed E-state index contributed by atoms with van der Waals surface area (Å²) in [5.41, 5.74) is -1.56. The van der Waals surface area contributed by atoms with Crippen molar-refractivity contribution >= 4 is 7.82 Å². The van der Waals surface area contributed by atoms with E-state index < -0.39 is 50.1 Å². The summed E-state index contributed by atoms with van der Waals surface area (Å²) in [6, 6.07) is 0. The highest BCUT2D eigenvalue weighted by Crippen LogP contribution is 2.38. The minimum absolute atomic E-state index is 0.104. The Morgan fingerprint density at radius 1 is 1.36 bits per heavy atom. The van der Waals surface area contributed by atoms with E-state index in [4.69, 9.17) is 14.5 Å². The minimum atomic E-state index is -4.77. The van der Waals surface area contributed by atoms with E-state index in [-0.39, 0.29) is 5.56 Å². The van der Waals surface area contributed by atoms with Crippen molar-refractivity contribution in [1.29, 1.82) is 0 Å². The first-order valence-corrected chi connectivity index (χ1v) is 7.64. The Labute approximate surface area is 123 Å². The van der Waals surface area contributed by atoms with Gasteiger partial charge in [-0.15, -0.1) is 0 Å². The number of nitrogens with zero attached hydrogens (tertiary/aromatic N) is 1. The molecular formula is C10H15N2O9P. The molecule has 0 aromatic carbocycles. The van der Waals surface area contributed by atoms with Crippen molar-refractivity contribution in [1.82, 2.24) is 9.55 Å². The Kier molecular flexibility index (Phi) is 4.68. The van der Waals surface area contributed by atoms with Crippen LogP contribution >= 0.6 is 7.82 Å². The molecule has 1 saturated heterocycles. The maximum Gasteiger partial charge on any atom is 0.469 e. The van der Waals surface area contributed by atoms with Gasteiger partial charge in [-0.3, -0.25) is 14.3 Å². The van der Waals surface area contributed by atoms with Gasteiger partial charge in [0.1, 0.15) is 24.4 Å². The summed E-state index contributed by atoms with van der Waals surface area (Å²) in [6.45, 7) is -0.678. The summed E-state index contributed by atoms with van der Waals surface area (Å²) < 4.78 is 21.2. The molecule has 4 atom stereocenters. The number of ether oxygens (including phenoxy) is 1. The summed E-state index contributed by atoms with van der Waals surface area (Å²) in [4.78, 5) is 42.3. The van der Waals surface area contributed by atoms with Crippen molar-refractivity contribution < 1.29 is 33.8 Å². The zero-order valence-electron chi connectivity index (χ0n) is 11.3. The van der Waals surface area contributed by atoms with Crippen LogP contribution in [-0.4, -0.2) is 54.5 Å². The second-order valence-electron chi connectivity index (χ2n) is 4.82. The average molecular weight is 338 g/mol. The van der Waals surface area contributed by atoms with Crippen molar-refractivity contribution in [3.8, 4) is 0 Å². The van der Waals surface area contributed by atoms with Gasteiger partial charge in [-0.05, 0) is 0 Å². The van der Waals surface area contributed by atoms with Crippen molar-refractivity contribution in [3.05, 3.63) is 32.6 Å². The van der Waals surface area contributed by atoms with Gasteiger partial charge in [0.2, 0.25) is 0 Å². The van der Waals surface area contributed by atoms with E-state index in [1.54, 1.807) is 0 Å².